The number of aromatic hydroxyl groups is 1. The van der Waals surface area contributed by atoms with Crippen LogP contribution in [0.1, 0.15) is 31.2 Å². The Balaban J connectivity index is 1.35. The molecular formula is C34H28Cl2N2O6. The fraction of sp³-hybridized carbons (Fsp3) is 0.294. The molecule has 2 aliphatic heterocycles. The molecule has 1 saturated carbocycles. The molecule has 0 spiro atoms. The van der Waals surface area contributed by atoms with Crippen molar-refractivity contribution in [1.29, 1.82) is 0 Å². The first-order valence-corrected chi connectivity index (χ1v) is 15.4. The van der Waals surface area contributed by atoms with Gasteiger partial charge in [-0.3, -0.25) is 29.0 Å². The molecule has 7 rings (SSSR count). The molecule has 2 aliphatic carbocycles. The molecule has 0 bridgehead atoms. The van der Waals surface area contributed by atoms with Crippen molar-refractivity contribution in [2.45, 2.75) is 25.7 Å². The van der Waals surface area contributed by atoms with E-state index in [1.807, 2.05) is 6.08 Å². The number of carbonyl (C=O) groups is 4. The van der Waals surface area contributed by atoms with Crippen LogP contribution in [0.5, 0.6) is 11.5 Å². The lowest BCUT2D eigenvalue weighted by molar-refractivity contribution is -0.126. The summed E-state index contributed by atoms with van der Waals surface area (Å²) in [7, 11) is 0. The number of hydrogen-bond donors (Lipinski definition) is 1. The highest BCUT2D eigenvalue weighted by Gasteiger charge is 2.62. The number of fused-ring (bicyclic) bond motifs is 4. The summed E-state index contributed by atoms with van der Waals surface area (Å²) in [5.74, 6) is -5.35. The largest absolute Gasteiger partial charge is 0.504 e. The predicted octanol–water partition coefficient (Wildman–Crippen LogP) is 6.14. The van der Waals surface area contributed by atoms with Crippen molar-refractivity contribution in [2.75, 3.05) is 16.4 Å². The topological polar surface area (TPSA) is 104 Å². The standard InChI is InChI=1S/C34H28Cl2N2O6/c1-2-44-26-5-3-4-22(30(26)39)27-21-14-15-23-28(33(42)37(31(23)40)19-10-6-17(35)7-11-19)24(21)16-25-29(27)34(43)38(32(25)41)20-12-8-18(36)9-13-20/h3-14,23-25,27-29,39H,2,15-16H2,1H3/t23-,24+,25+,27+,28-,29+/m0/s1. The Hall–Kier alpha value is -4.14. The lowest BCUT2D eigenvalue weighted by Gasteiger charge is -2.44. The Labute approximate surface area is 263 Å². The summed E-state index contributed by atoms with van der Waals surface area (Å²) in [4.78, 5) is 58.5. The van der Waals surface area contributed by atoms with Gasteiger partial charge in [0.1, 0.15) is 0 Å². The SMILES string of the molecule is CCOc1cccc([C@H]2C3=CC[C@@H]4C(=O)N(c5ccc(Cl)cc5)C(=O)[C@@H]4[C@@H]3C[C@H]3C(=O)N(c4ccc(Cl)cc4)C(=O)[C@@H]23)c1O. The zero-order valence-electron chi connectivity index (χ0n) is 23.7. The minimum absolute atomic E-state index is 0.108. The zero-order valence-corrected chi connectivity index (χ0v) is 25.2. The molecule has 2 heterocycles. The number of carbonyl (C=O) groups excluding carboxylic acids is 4. The monoisotopic (exact) mass is 630 g/mol. The van der Waals surface area contributed by atoms with Crippen LogP contribution in [0, 0.1) is 29.6 Å². The summed E-state index contributed by atoms with van der Waals surface area (Å²) in [5.41, 5.74) is 2.08. The highest BCUT2D eigenvalue weighted by molar-refractivity contribution is 6.31. The number of allylic oxidation sites excluding steroid dienone is 2. The van der Waals surface area contributed by atoms with Crippen LogP contribution in [0.2, 0.25) is 10.0 Å². The van der Waals surface area contributed by atoms with Gasteiger partial charge >= 0.3 is 0 Å². The van der Waals surface area contributed by atoms with E-state index in [0.29, 0.717) is 40.0 Å². The van der Waals surface area contributed by atoms with Crippen molar-refractivity contribution in [3.63, 3.8) is 0 Å². The van der Waals surface area contributed by atoms with Crippen LogP contribution in [0.25, 0.3) is 0 Å². The highest BCUT2D eigenvalue weighted by Crippen LogP contribution is 2.59. The number of benzene rings is 3. The Morgan fingerprint density at radius 1 is 0.750 bits per heavy atom. The fourth-order valence-corrected chi connectivity index (χ4v) is 7.94. The van der Waals surface area contributed by atoms with E-state index in [0.717, 1.165) is 5.57 Å². The van der Waals surface area contributed by atoms with E-state index in [9.17, 15) is 24.3 Å². The molecule has 3 aromatic rings. The van der Waals surface area contributed by atoms with Crippen molar-refractivity contribution in [1.82, 2.24) is 0 Å². The smallest absolute Gasteiger partial charge is 0.238 e. The molecular weight excluding hydrogens is 603 g/mol. The Bertz CT molecular complexity index is 1740. The molecule has 3 fully saturated rings. The van der Waals surface area contributed by atoms with Crippen LogP contribution in [-0.4, -0.2) is 35.3 Å². The van der Waals surface area contributed by atoms with Gasteiger partial charge in [0.05, 0.1) is 41.7 Å². The van der Waals surface area contributed by atoms with Crippen molar-refractivity contribution in [3.8, 4) is 11.5 Å². The first-order valence-electron chi connectivity index (χ1n) is 14.6. The second-order valence-electron chi connectivity index (χ2n) is 11.6. The lowest BCUT2D eigenvalue weighted by atomic mass is 9.57. The average Bonchev–Trinajstić information content (AvgIpc) is 3.42. The Morgan fingerprint density at radius 2 is 1.32 bits per heavy atom. The van der Waals surface area contributed by atoms with Crippen molar-refractivity contribution < 1.29 is 29.0 Å². The summed E-state index contributed by atoms with van der Waals surface area (Å²) in [5, 5.41) is 12.4. The number of ether oxygens (including phenoxy) is 1. The molecule has 0 radical (unpaired) electrons. The molecule has 224 valence electrons. The number of nitrogens with zero attached hydrogens (tertiary/aromatic N) is 2. The van der Waals surface area contributed by atoms with E-state index in [1.165, 1.54) is 9.80 Å². The molecule has 10 heteroatoms. The van der Waals surface area contributed by atoms with Crippen LogP contribution in [0.15, 0.2) is 78.4 Å². The summed E-state index contributed by atoms with van der Waals surface area (Å²) in [6.45, 7) is 2.13. The zero-order chi connectivity index (χ0) is 30.9. The number of halogens is 2. The van der Waals surface area contributed by atoms with Gasteiger partial charge in [0.2, 0.25) is 23.6 Å². The van der Waals surface area contributed by atoms with Gasteiger partial charge in [0, 0.05) is 21.5 Å². The lowest BCUT2D eigenvalue weighted by Crippen LogP contribution is -2.43. The van der Waals surface area contributed by atoms with E-state index in [-0.39, 0.29) is 41.5 Å². The molecule has 0 unspecified atom stereocenters. The van der Waals surface area contributed by atoms with Crippen LogP contribution in [-0.2, 0) is 19.2 Å². The van der Waals surface area contributed by atoms with Crippen molar-refractivity contribution in [2.24, 2.45) is 29.6 Å². The number of hydrogen-bond acceptors (Lipinski definition) is 6. The third kappa shape index (κ3) is 4.26. The summed E-state index contributed by atoms with van der Waals surface area (Å²) in [6.07, 6.45) is 2.47. The predicted molar refractivity (Wildman–Crippen MR) is 165 cm³/mol. The first-order chi connectivity index (χ1) is 21.2. The maximum Gasteiger partial charge on any atom is 0.238 e. The summed E-state index contributed by atoms with van der Waals surface area (Å²) < 4.78 is 5.68. The van der Waals surface area contributed by atoms with Gasteiger partial charge in [-0.25, -0.2) is 0 Å². The van der Waals surface area contributed by atoms with Gasteiger partial charge in [-0.2, -0.15) is 0 Å². The van der Waals surface area contributed by atoms with Crippen LogP contribution in [0.3, 0.4) is 0 Å². The average molecular weight is 632 g/mol. The number of para-hydroxylation sites is 1. The number of phenols is 1. The third-order valence-electron chi connectivity index (χ3n) is 9.48. The van der Waals surface area contributed by atoms with Gasteiger partial charge < -0.3 is 9.84 Å². The molecule has 4 aliphatic rings. The molecule has 1 N–H and O–H groups in total. The van der Waals surface area contributed by atoms with Gasteiger partial charge in [-0.15, -0.1) is 0 Å². The van der Waals surface area contributed by atoms with Crippen molar-refractivity contribution in [3.05, 3.63) is 94.0 Å². The van der Waals surface area contributed by atoms with E-state index >= 15 is 0 Å². The Kier molecular flexibility index (Phi) is 7.02. The number of anilines is 2. The second kappa shape index (κ2) is 10.8. The maximum atomic E-state index is 14.2. The van der Waals surface area contributed by atoms with E-state index < -0.39 is 35.5 Å². The van der Waals surface area contributed by atoms with Crippen LogP contribution >= 0.6 is 23.2 Å². The molecule has 0 aromatic heterocycles. The molecule has 44 heavy (non-hydrogen) atoms. The molecule has 6 atom stereocenters. The maximum absolute atomic E-state index is 14.2. The molecule has 8 nitrogen and oxygen atoms in total. The molecule has 4 amide bonds. The minimum atomic E-state index is -0.820. The Morgan fingerprint density at radius 3 is 1.91 bits per heavy atom. The first kappa shape index (κ1) is 28.6. The number of phenolic OH excluding ortho intramolecular Hbond substituents is 1. The third-order valence-corrected chi connectivity index (χ3v) is 9.99. The van der Waals surface area contributed by atoms with Crippen LogP contribution < -0.4 is 14.5 Å². The van der Waals surface area contributed by atoms with Crippen LogP contribution in [0.4, 0.5) is 11.4 Å². The minimum Gasteiger partial charge on any atom is -0.504 e. The quantitative estimate of drug-likeness (QED) is 0.268. The van der Waals surface area contributed by atoms with E-state index in [4.69, 9.17) is 27.9 Å². The number of imide groups is 2. The molecule has 3 aromatic carbocycles. The van der Waals surface area contributed by atoms with Gasteiger partial charge in [0.15, 0.2) is 11.5 Å². The van der Waals surface area contributed by atoms with Gasteiger partial charge in [-0.05, 0) is 80.3 Å². The fourth-order valence-electron chi connectivity index (χ4n) is 7.69. The second-order valence-corrected chi connectivity index (χ2v) is 12.5. The summed E-state index contributed by atoms with van der Waals surface area (Å²) >= 11 is 12.2. The number of amides is 4. The number of rotatable bonds is 5. The van der Waals surface area contributed by atoms with E-state index in [2.05, 4.69) is 0 Å². The van der Waals surface area contributed by atoms with Crippen molar-refractivity contribution >= 4 is 58.2 Å². The van der Waals surface area contributed by atoms with E-state index in [1.54, 1.807) is 73.7 Å². The highest BCUT2D eigenvalue weighted by atomic mass is 35.5. The molecule has 2 saturated heterocycles. The summed E-state index contributed by atoms with van der Waals surface area (Å²) in [6, 6.07) is 18.2. The van der Waals surface area contributed by atoms with Gasteiger partial charge in [0.25, 0.3) is 0 Å². The van der Waals surface area contributed by atoms with Gasteiger partial charge in [-0.1, -0.05) is 47.0 Å². The normalized spacial score (nSPS) is 27.7.